The highest BCUT2D eigenvalue weighted by Gasteiger charge is 2.36. The molecule has 0 aromatic heterocycles. The molecule has 4 rings (SSSR count). The third-order valence-corrected chi connectivity index (χ3v) is 5.80. The normalized spacial score (nSPS) is 14.6. The van der Waals surface area contributed by atoms with Crippen molar-refractivity contribution in [1.82, 2.24) is 4.90 Å². The Balaban J connectivity index is 1.77. The highest BCUT2D eigenvalue weighted by molar-refractivity contribution is 5.98. The maximum Gasteiger partial charge on any atom is 0.336 e. The van der Waals surface area contributed by atoms with Crippen LogP contribution in [0.2, 0.25) is 0 Å². The highest BCUT2D eigenvalue weighted by Crippen LogP contribution is 2.42. The van der Waals surface area contributed by atoms with Gasteiger partial charge in [-0.25, -0.2) is 9.59 Å². The predicted octanol–water partition coefficient (Wildman–Crippen LogP) is 3.93. The molecule has 0 saturated heterocycles. The summed E-state index contributed by atoms with van der Waals surface area (Å²) in [7, 11) is 3.14. The maximum atomic E-state index is 13.1. The Kier molecular flexibility index (Phi) is 7.68. The standard InChI is InChI=1S/C27H29NO8/c1-5-33-26(29)19-14-28(13-17-7-9-21(31-3)23(11-17)32-4)15-20(27(30)34-6-2)25(19)18-8-10-22-24(12-18)36-16-35-22/h7-12,14-15,25H,5-6,13,16H2,1-4H3. The zero-order valence-corrected chi connectivity index (χ0v) is 20.7. The molecule has 0 unspecified atom stereocenters. The van der Waals surface area contributed by atoms with Crippen molar-refractivity contribution in [2.45, 2.75) is 26.3 Å². The molecule has 2 aliphatic rings. The quantitative estimate of drug-likeness (QED) is 0.480. The molecular weight excluding hydrogens is 466 g/mol. The van der Waals surface area contributed by atoms with Gasteiger partial charge in [-0.05, 0) is 49.2 Å². The van der Waals surface area contributed by atoms with Crippen LogP contribution in [-0.4, -0.2) is 51.1 Å². The molecule has 0 amide bonds. The monoisotopic (exact) mass is 495 g/mol. The SMILES string of the molecule is CCOC(=O)C1=CN(Cc2ccc(OC)c(OC)c2)C=C(C(=O)OCC)C1c1ccc2c(c1)OCO2. The Morgan fingerprint density at radius 3 is 2.11 bits per heavy atom. The molecule has 0 aliphatic carbocycles. The minimum Gasteiger partial charge on any atom is -0.493 e. The fourth-order valence-electron chi connectivity index (χ4n) is 4.21. The molecule has 36 heavy (non-hydrogen) atoms. The fourth-order valence-corrected chi connectivity index (χ4v) is 4.21. The van der Waals surface area contributed by atoms with Crippen LogP contribution in [-0.2, 0) is 25.6 Å². The Bertz CT molecular complexity index is 1170. The van der Waals surface area contributed by atoms with Gasteiger partial charge in [-0.2, -0.15) is 0 Å². The Morgan fingerprint density at radius 2 is 1.50 bits per heavy atom. The van der Waals surface area contributed by atoms with Gasteiger partial charge in [-0.1, -0.05) is 12.1 Å². The molecule has 2 heterocycles. The molecule has 0 fully saturated rings. The van der Waals surface area contributed by atoms with E-state index in [1.807, 2.05) is 18.2 Å². The van der Waals surface area contributed by atoms with Crippen LogP contribution in [0.1, 0.15) is 30.9 Å². The summed E-state index contributed by atoms with van der Waals surface area (Å²) < 4.78 is 32.4. The molecule has 0 radical (unpaired) electrons. The number of ether oxygens (including phenoxy) is 6. The highest BCUT2D eigenvalue weighted by atomic mass is 16.7. The molecule has 0 spiro atoms. The van der Waals surface area contributed by atoms with Gasteiger partial charge in [-0.3, -0.25) is 0 Å². The number of hydrogen-bond acceptors (Lipinski definition) is 9. The Hall–Kier alpha value is -4.14. The topological polar surface area (TPSA) is 92.8 Å². The zero-order chi connectivity index (χ0) is 25.7. The van der Waals surface area contributed by atoms with E-state index in [0.29, 0.717) is 46.3 Å². The van der Waals surface area contributed by atoms with Crippen LogP contribution in [0.4, 0.5) is 0 Å². The lowest BCUT2D eigenvalue weighted by molar-refractivity contribution is -0.139. The lowest BCUT2D eigenvalue weighted by atomic mass is 9.83. The second-order valence-electron chi connectivity index (χ2n) is 8.02. The lowest BCUT2D eigenvalue weighted by Crippen LogP contribution is -2.29. The molecular formula is C27H29NO8. The number of benzene rings is 2. The van der Waals surface area contributed by atoms with E-state index >= 15 is 0 Å². The number of carbonyl (C=O) groups is 2. The lowest BCUT2D eigenvalue weighted by Gasteiger charge is -2.30. The molecule has 2 aromatic rings. The first-order valence-corrected chi connectivity index (χ1v) is 11.6. The second-order valence-corrected chi connectivity index (χ2v) is 8.02. The molecule has 2 aromatic carbocycles. The smallest absolute Gasteiger partial charge is 0.336 e. The van der Waals surface area contributed by atoms with E-state index in [4.69, 9.17) is 28.4 Å². The van der Waals surface area contributed by atoms with E-state index in [9.17, 15) is 9.59 Å². The molecule has 0 N–H and O–H groups in total. The van der Waals surface area contributed by atoms with Crippen molar-refractivity contribution < 1.29 is 38.0 Å². The molecule has 2 aliphatic heterocycles. The molecule has 0 bridgehead atoms. The summed E-state index contributed by atoms with van der Waals surface area (Å²) in [6, 6.07) is 10.9. The van der Waals surface area contributed by atoms with Gasteiger partial charge >= 0.3 is 11.9 Å². The fraction of sp³-hybridized carbons (Fsp3) is 0.333. The molecule has 0 atom stereocenters. The number of carbonyl (C=O) groups excluding carboxylic acids is 2. The number of esters is 2. The van der Waals surface area contributed by atoms with Gasteiger partial charge < -0.3 is 33.3 Å². The van der Waals surface area contributed by atoms with Crippen molar-refractivity contribution in [2.24, 2.45) is 0 Å². The minimum atomic E-state index is -0.709. The van der Waals surface area contributed by atoms with E-state index in [-0.39, 0.29) is 20.0 Å². The molecule has 9 heteroatoms. The maximum absolute atomic E-state index is 13.1. The van der Waals surface area contributed by atoms with Crippen molar-refractivity contribution in [3.05, 3.63) is 71.1 Å². The molecule has 190 valence electrons. The first kappa shape index (κ1) is 25.0. The summed E-state index contributed by atoms with van der Waals surface area (Å²) in [5.41, 5.74) is 2.18. The van der Waals surface area contributed by atoms with Crippen LogP contribution in [0, 0.1) is 0 Å². The van der Waals surface area contributed by atoms with Crippen LogP contribution in [0.15, 0.2) is 59.9 Å². The third kappa shape index (κ3) is 5.10. The van der Waals surface area contributed by atoms with Gasteiger partial charge in [0, 0.05) is 18.9 Å². The van der Waals surface area contributed by atoms with Crippen molar-refractivity contribution in [3.8, 4) is 23.0 Å². The van der Waals surface area contributed by atoms with Crippen molar-refractivity contribution in [1.29, 1.82) is 0 Å². The number of fused-ring (bicyclic) bond motifs is 1. The van der Waals surface area contributed by atoms with Crippen LogP contribution in [0.25, 0.3) is 0 Å². The van der Waals surface area contributed by atoms with E-state index in [1.54, 1.807) is 63.6 Å². The number of rotatable bonds is 9. The molecule has 9 nitrogen and oxygen atoms in total. The summed E-state index contributed by atoms with van der Waals surface area (Å²) >= 11 is 0. The van der Waals surface area contributed by atoms with E-state index < -0.39 is 17.9 Å². The predicted molar refractivity (Wildman–Crippen MR) is 130 cm³/mol. The first-order valence-electron chi connectivity index (χ1n) is 11.6. The zero-order valence-electron chi connectivity index (χ0n) is 20.7. The average Bonchev–Trinajstić information content (AvgIpc) is 3.36. The van der Waals surface area contributed by atoms with Crippen LogP contribution in [0.3, 0.4) is 0 Å². The first-order chi connectivity index (χ1) is 17.5. The van der Waals surface area contributed by atoms with Crippen LogP contribution < -0.4 is 18.9 Å². The summed E-state index contributed by atoms with van der Waals surface area (Å²) in [6.45, 7) is 4.33. The van der Waals surface area contributed by atoms with E-state index in [1.165, 1.54) is 0 Å². The van der Waals surface area contributed by atoms with Crippen molar-refractivity contribution in [3.63, 3.8) is 0 Å². The van der Waals surface area contributed by atoms with Gasteiger partial charge in [0.2, 0.25) is 6.79 Å². The van der Waals surface area contributed by atoms with Crippen molar-refractivity contribution >= 4 is 11.9 Å². The summed E-state index contributed by atoms with van der Waals surface area (Å²) in [5, 5.41) is 0. The van der Waals surface area contributed by atoms with Crippen LogP contribution in [0.5, 0.6) is 23.0 Å². The Morgan fingerprint density at radius 1 is 0.861 bits per heavy atom. The van der Waals surface area contributed by atoms with Crippen molar-refractivity contribution in [2.75, 3.05) is 34.2 Å². The number of hydrogen-bond donors (Lipinski definition) is 0. The van der Waals surface area contributed by atoms with Gasteiger partial charge in [0.05, 0.1) is 44.5 Å². The van der Waals surface area contributed by atoms with E-state index in [0.717, 1.165) is 5.56 Å². The van der Waals surface area contributed by atoms with Crippen LogP contribution >= 0.6 is 0 Å². The van der Waals surface area contributed by atoms with Gasteiger partial charge in [-0.15, -0.1) is 0 Å². The minimum absolute atomic E-state index is 0.115. The third-order valence-electron chi connectivity index (χ3n) is 5.80. The summed E-state index contributed by atoms with van der Waals surface area (Å²) in [4.78, 5) is 28.0. The van der Waals surface area contributed by atoms with Gasteiger partial charge in [0.1, 0.15) is 0 Å². The largest absolute Gasteiger partial charge is 0.493 e. The Labute approximate surface area is 209 Å². The molecule has 0 saturated carbocycles. The van der Waals surface area contributed by atoms with E-state index in [2.05, 4.69) is 0 Å². The van der Waals surface area contributed by atoms with Gasteiger partial charge in [0.15, 0.2) is 23.0 Å². The number of methoxy groups -OCH3 is 2. The summed E-state index contributed by atoms with van der Waals surface area (Å²) in [5.74, 6) is 0.585. The average molecular weight is 496 g/mol. The number of nitrogens with zero attached hydrogens (tertiary/aromatic N) is 1. The summed E-state index contributed by atoms with van der Waals surface area (Å²) in [6.07, 6.45) is 3.40. The van der Waals surface area contributed by atoms with Gasteiger partial charge in [0.25, 0.3) is 0 Å². The second kappa shape index (κ2) is 11.1.